The summed E-state index contributed by atoms with van der Waals surface area (Å²) in [5, 5.41) is 7.84. The van der Waals surface area contributed by atoms with E-state index in [9.17, 15) is 22.4 Å². The molecule has 0 unspecified atom stereocenters. The van der Waals surface area contributed by atoms with Crippen molar-refractivity contribution in [2.24, 2.45) is 0 Å². The van der Waals surface area contributed by atoms with Gasteiger partial charge in [-0.3, -0.25) is 0 Å². The summed E-state index contributed by atoms with van der Waals surface area (Å²) in [6.07, 6.45) is -7.04. The maximum atomic E-state index is 11.5. The van der Waals surface area contributed by atoms with Gasteiger partial charge in [0.05, 0.1) is 5.57 Å². The fourth-order valence-corrected chi connectivity index (χ4v) is 0.364. The van der Waals surface area contributed by atoms with Crippen molar-refractivity contribution in [2.45, 2.75) is 12.9 Å². The van der Waals surface area contributed by atoms with Gasteiger partial charge in [0.1, 0.15) is 0 Å². The Hall–Kier alpha value is -1.07. The van der Waals surface area contributed by atoms with E-state index in [1.807, 2.05) is 0 Å². The summed E-state index contributed by atoms with van der Waals surface area (Å²) >= 11 is 0. The first-order chi connectivity index (χ1) is 4.95. The molecule has 2 nitrogen and oxygen atoms in total. The van der Waals surface area contributed by atoms with E-state index in [1.165, 1.54) is 0 Å². The van der Waals surface area contributed by atoms with Crippen LogP contribution in [0.4, 0.5) is 17.6 Å². The maximum absolute atomic E-state index is 11.5. The van der Waals surface area contributed by atoms with E-state index in [0.717, 1.165) is 0 Å². The Morgan fingerprint density at radius 3 is 1.64 bits per heavy atom. The van der Waals surface area contributed by atoms with E-state index in [-0.39, 0.29) is 6.08 Å². The molecule has 0 rings (SSSR count). The summed E-state index contributed by atoms with van der Waals surface area (Å²) in [5.41, 5.74) is -1.67. The summed E-state index contributed by atoms with van der Waals surface area (Å²) in [4.78, 5) is 9.68. The third kappa shape index (κ3) is 3.59. The number of carboxylic acid groups (broad SMARTS) is 1. The minimum atomic E-state index is -3.42. The predicted molar refractivity (Wildman–Crippen MR) is 27.7 cm³/mol. The quantitative estimate of drug-likeness (QED) is 0.517. The fraction of sp³-hybridized carbons (Fsp3) is 0.400. The first-order valence-corrected chi connectivity index (χ1v) is 2.46. The van der Waals surface area contributed by atoms with Gasteiger partial charge in [-0.15, -0.1) is 0 Å². The lowest BCUT2D eigenvalue weighted by Crippen LogP contribution is -2.09. The number of carbonyl (C=O) groups is 1. The molecule has 0 aliphatic rings. The van der Waals surface area contributed by atoms with E-state index < -0.39 is 24.4 Å². The zero-order valence-electron chi connectivity index (χ0n) is 5.10. The van der Waals surface area contributed by atoms with Gasteiger partial charge in [-0.2, -0.15) is 0 Å². The van der Waals surface area contributed by atoms with Crippen molar-refractivity contribution in [3.63, 3.8) is 0 Å². The van der Waals surface area contributed by atoms with Crippen LogP contribution in [0.5, 0.6) is 0 Å². The van der Waals surface area contributed by atoms with Gasteiger partial charge >= 0.3 is 5.97 Å². The molecule has 0 bridgehead atoms. The zero-order valence-corrected chi connectivity index (χ0v) is 5.10. The van der Waals surface area contributed by atoms with Crippen LogP contribution < -0.4 is 0 Å². The molecule has 0 spiro atoms. The zero-order chi connectivity index (χ0) is 9.02. The van der Waals surface area contributed by atoms with Crippen LogP contribution in [0.15, 0.2) is 11.6 Å². The highest BCUT2D eigenvalue weighted by molar-refractivity contribution is 5.80. The van der Waals surface area contributed by atoms with E-state index >= 15 is 0 Å². The lowest BCUT2D eigenvalue weighted by atomic mass is 10.3. The topological polar surface area (TPSA) is 37.3 Å². The van der Waals surface area contributed by atoms with Crippen LogP contribution in [0.25, 0.3) is 0 Å². The van der Waals surface area contributed by atoms with Crippen LogP contribution in [0.1, 0.15) is 0 Å². The van der Waals surface area contributed by atoms with Gasteiger partial charge in [-0.25, -0.2) is 22.4 Å². The van der Waals surface area contributed by atoms with Crippen LogP contribution in [0.3, 0.4) is 0 Å². The summed E-state index contributed by atoms with van der Waals surface area (Å²) in [6.45, 7) is 0. The van der Waals surface area contributed by atoms with Crippen molar-refractivity contribution < 1.29 is 27.5 Å². The number of carboxylic acids is 1. The van der Waals surface area contributed by atoms with E-state index in [1.54, 1.807) is 0 Å². The van der Waals surface area contributed by atoms with Crippen LogP contribution >= 0.6 is 0 Å². The van der Waals surface area contributed by atoms with Gasteiger partial charge in [-0.05, 0) is 0 Å². The smallest absolute Gasteiger partial charge is 0.328 e. The largest absolute Gasteiger partial charge is 0.478 e. The van der Waals surface area contributed by atoms with Gasteiger partial charge in [0.2, 0.25) is 0 Å². The number of aliphatic carboxylic acids is 1. The van der Waals surface area contributed by atoms with Crippen molar-refractivity contribution in [3.05, 3.63) is 11.6 Å². The highest BCUT2D eigenvalue weighted by Gasteiger charge is 2.22. The second-order valence-electron chi connectivity index (χ2n) is 1.58. The molecule has 64 valence electrons. The first-order valence-electron chi connectivity index (χ1n) is 2.46. The summed E-state index contributed by atoms with van der Waals surface area (Å²) in [5.74, 6) is -1.80. The van der Waals surface area contributed by atoms with Gasteiger partial charge < -0.3 is 5.11 Å². The Kier molecular flexibility index (Phi) is 3.56. The Morgan fingerprint density at radius 1 is 1.18 bits per heavy atom. The van der Waals surface area contributed by atoms with Gasteiger partial charge in [-0.1, -0.05) is 0 Å². The molecule has 11 heavy (non-hydrogen) atoms. The molecule has 0 saturated carbocycles. The first kappa shape index (κ1) is 9.93. The second kappa shape index (κ2) is 3.95. The minimum Gasteiger partial charge on any atom is -0.478 e. The maximum Gasteiger partial charge on any atom is 0.328 e. The molecule has 0 fully saturated rings. The predicted octanol–water partition coefficient (Wildman–Crippen LogP) is 1.53. The van der Waals surface area contributed by atoms with Crippen molar-refractivity contribution in [1.82, 2.24) is 0 Å². The normalized spacial score (nSPS) is 10.4. The average molecular weight is 172 g/mol. The van der Waals surface area contributed by atoms with Gasteiger partial charge in [0, 0.05) is 6.08 Å². The molecule has 0 heterocycles. The third-order valence-electron chi connectivity index (χ3n) is 0.794. The summed E-state index contributed by atoms with van der Waals surface area (Å²) in [7, 11) is 0. The van der Waals surface area contributed by atoms with Crippen molar-refractivity contribution in [2.75, 3.05) is 0 Å². The molecule has 0 saturated heterocycles. The van der Waals surface area contributed by atoms with Crippen LogP contribution in [-0.2, 0) is 4.79 Å². The van der Waals surface area contributed by atoms with Crippen molar-refractivity contribution in [3.8, 4) is 0 Å². The molecule has 6 heteroatoms. The number of alkyl halides is 4. The molecular weight excluding hydrogens is 168 g/mol. The van der Waals surface area contributed by atoms with Crippen molar-refractivity contribution >= 4 is 5.97 Å². The van der Waals surface area contributed by atoms with Crippen LogP contribution in [0.2, 0.25) is 0 Å². The van der Waals surface area contributed by atoms with E-state index in [0.29, 0.717) is 0 Å². The Balaban J connectivity index is 4.46. The van der Waals surface area contributed by atoms with Crippen molar-refractivity contribution in [1.29, 1.82) is 0 Å². The lowest BCUT2D eigenvalue weighted by Gasteiger charge is -2.01. The minimum absolute atomic E-state index is 0.185. The molecule has 0 atom stereocenters. The molecule has 0 aromatic carbocycles. The molecule has 0 aliphatic carbocycles. The molecule has 1 N–H and O–H groups in total. The number of hydrogen-bond acceptors (Lipinski definition) is 1. The highest BCUT2D eigenvalue weighted by Crippen LogP contribution is 2.16. The third-order valence-corrected chi connectivity index (χ3v) is 0.794. The average Bonchev–Trinajstić information content (AvgIpc) is 1.81. The second-order valence-corrected chi connectivity index (χ2v) is 1.58. The highest BCUT2D eigenvalue weighted by atomic mass is 19.3. The summed E-state index contributed by atoms with van der Waals surface area (Å²) in [6, 6.07) is 0. The molecule has 0 radical (unpaired) electrons. The fourth-order valence-electron chi connectivity index (χ4n) is 0.364. The van der Waals surface area contributed by atoms with Gasteiger partial charge in [0.25, 0.3) is 12.9 Å². The molecule has 0 aromatic rings. The van der Waals surface area contributed by atoms with Crippen LogP contribution in [0, 0.1) is 0 Å². The number of hydrogen-bond donors (Lipinski definition) is 1. The molecule has 0 aliphatic heterocycles. The Morgan fingerprint density at radius 2 is 1.55 bits per heavy atom. The summed E-state index contributed by atoms with van der Waals surface area (Å²) < 4.78 is 46.0. The molecule has 0 aromatic heterocycles. The number of halogens is 4. The monoisotopic (exact) mass is 172 g/mol. The number of rotatable bonds is 3. The van der Waals surface area contributed by atoms with Gasteiger partial charge in [0.15, 0.2) is 0 Å². The lowest BCUT2D eigenvalue weighted by molar-refractivity contribution is -0.131. The SMILES string of the molecule is O=C(O)C=C(C(F)F)C(F)F. The Bertz CT molecular complexity index is 165. The van der Waals surface area contributed by atoms with E-state index in [4.69, 9.17) is 5.11 Å². The standard InChI is InChI=1S/C5H4F4O2/c6-4(7)2(5(8)9)1-3(10)11/h1,4-5H,(H,10,11). The molecule has 0 amide bonds. The van der Waals surface area contributed by atoms with E-state index in [2.05, 4.69) is 0 Å². The molecular formula is C5H4F4O2. The Labute approximate surface area is 59.1 Å². The van der Waals surface area contributed by atoms with Crippen LogP contribution in [-0.4, -0.2) is 23.9 Å². The number of allylic oxidation sites excluding steroid dienone is 1.